The first-order chi connectivity index (χ1) is 9.24. The van der Waals surface area contributed by atoms with Gasteiger partial charge in [-0.2, -0.15) is 0 Å². The molecule has 0 aromatic heterocycles. The van der Waals surface area contributed by atoms with Crippen LogP contribution in [0.25, 0.3) is 0 Å². The van der Waals surface area contributed by atoms with Crippen LogP contribution in [0.2, 0.25) is 0 Å². The topological polar surface area (TPSA) is 12.0 Å². The number of hydrogen-bond acceptors (Lipinski definition) is 1. The Kier molecular flexibility index (Phi) is 5.62. The van der Waals surface area contributed by atoms with Gasteiger partial charge in [0.25, 0.3) is 0 Å². The second kappa shape index (κ2) is 7.46. The molecule has 0 aliphatic heterocycles. The average Bonchev–Trinajstić information content (AvgIpc) is 2.44. The van der Waals surface area contributed by atoms with Gasteiger partial charge in [0.2, 0.25) is 0 Å². The van der Waals surface area contributed by atoms with E-state index in [0.29, 0.717) is 6.04 Å². The minimum absolute atomic E-state index is 0.527. The Morgan fingerprint density at radius 1 is 1.00 bits per heavy atom. The highest BCUT2D eigenvalue weighted by Crippen LogP contribution is 2.12. The Morgan fingerprint density at radius 3 is 2.47 bits per heavy atom. The molecule has 19 heavy (non-hydrogen) atoms. The molecule has 2 heteroatoms. The van der Waals surface area contributed by atoms with Gasteiger partial charge in [0.15, 0.2) is 0 Å². The molecule has 0 heterocycles. The summed E-state index contributed by atoms with van der Waals surface area (Å²) in [7, 11) is 0. The second-order valence-electron chi connectivity index (χ2n) is 4.94. The highest BCUT2D eigenvalue weighted by Gasteiger charge is 2.02. The zero-order valence-corrected chi connectivity index (χ0v) is 12.9. The van der Waals surface area contributed by atoms with Crippen LogP contribution < -0.4 is 5.32 Å². The van der Waals surface area contributed by atoms with Crippen LogP contribution in [0.3, 0.4) is 0 Å². The smallest absolute Gasteiger partial charge is 0.0208 e. The average molecular weight is 318 g/mol. The Hall–Kier alpha value is -1.12. The molecular formula is C17H20BrN. The number of rotatable bonds is 6. The largest absolute Gasteiger partial charge is 0.310 e. The summed E-state index contributed by atoms with van der Waals surface area (Å²) in [5.74, 6) is 0. The number of aryl methyl sites for hydroxylation is 1. The third kappa shape index (κ3) is 5.17. The van der Waals surface area contributed by atoms with Crippen LogP contribution in [-0.2, 0) is 13.0 Å². The van der Waals surface area contributed by atoms with E-state index >= 15 is 0 Å². The predicted molar refractivity (Wildman–Crippen MR) is 85.2 cm³/mol. The van der Waals surface area contributed by atoms with Gasteiger partial charge < -0.3 is 5.32 Å². The maximum Gasteiger partial charge on any atom is 0.0208 e. The van der Waals surface area contributed by atoms with Gasteiger partial charge in [0.1, 0.15) is 0 Å². The molecular weight excluding hydrogens is 298 g/mol. The summed E-state index contributed by atoms with van der Waals surface area (Å²) in [6.45, 7) is 3.18. The van der Waals surface area contributed by atoms with Crippen LogP contribution in [0.1, 0.15) is 24.5 Å². The quantitative estimate of drug-likeness (QED) is 0.823. The van der Waals surface area contributed by atoms with E-state index in [1.165, 1.54) is 11.1 Å². The van der Waals surface area contributed by atoms with E-state index in [1.807, 2.05) is 0 Å². The van der Waals surface area contributed by atoms with E-state index in [1.54, 1.807) is 0 Å². The molecule has 100 valence electrons. The molecule has 0 fully saturated rings. The molecule has 1 N–H and O–H groups in total. The first kappa shape index (κ1) is 14.3. The lowest BCUT2D eigenvalue weighted by Gasteiger charge is -2.14. The summed E-state index contributed by atoms with van der Waals surface area (Å²) >= 11 is 3.50. The van der Waals surface area contributed by atoms with E-state index in [2.05, 4.69) is 82.8 Å². The van der Waals surface area contributed by atoms with Crippen molar-refractivity contribution in [1.29, 1.82) is 0 Å². The number of benzene rings is 2. The van der Waals surface area contributed by atoms with Crippen molar-refractivity contribution >= 4 is 15.9 Å². The fourth-order valence-corrected chi connectivity index (χ4v) is 2.52. The monoisotopic (exact) mass is 317 g/mol. The first-order valence-electron chi connectivity index (χ1n) is 6.76. The van der Waals surface area contributed by atoms with Gasteiger partial charge in [-0.1, -0.05) is 58.4 Å². The molecule has 0 bridgehead atoms. The minimum atomic E-state index is 0.527. The van der Waals surface area contributed by atoms with Crippen LogP contribution in [0.5, 0.6) is 0 Å². The van der Waals surface area contributed by atoms with E-state index in [9.17, 15) is 0 Å². The molecule has 2 aromatic rings. The minimum Gasteiger partial charge on any atom is -0.310 e. The first-order valence-corrected chi connectivity index (χ1v) is 7.55. The normalized spacial score (nSPS) is 12.3. The molecule has 0 saturated heterocycles. The van der Waals surface area contributed by atoms with Crippen molar-refractivity contribution in [2.24, 2.45) is 0 Å². The summed E-state index contributed by atoms with van der Waals surface area (Å²) in [6, 6.07) is 19.7. The third-order valence-corrected chi connectivity index (χ3v) is 3.75. The van der Waals surface area contributed by atoms with Crippen molar-refractivity contribution in [2.45, 2.75) is 32.4 Å². The molecule has 1 nitrogen and oxygen atoms in total. The Labute approximate surface area is 124 Å². The lowest BCUT2D eigenvalue weighted by molar-refractivity contribution is 0.514. The summed E-state index contributed by atoms with van der Waals surface area (Å²) in [5.41, 5.74) is 2.74. The fourth-order valence-electron chi connectivity index (χ4n) is 2.07. The van der Waals surface area contributed by atoms with Gasteiger partial charge in [-0.15, -0.1) is 0 Å². The molecule has 0 amide bonds. The Bertz CT molecular complexity index is 496. The molecule has 0 saturated carbocycles. The molecule has 0 spiro atoms. The highest BCUT2D eigenvalue weighted by atomic mass is 79.9. The Balaban J connectivity index is 1.74. The lowest BCUT2D eigenvalue weighted by atomic mass is 10.1. The second-order valence-corrected chi connectivity index (χ2v) is 5.85. The van der Waals surface area contributed by atoms with E-state index in [-0.39, 0.29) is 0 Å². The van der Waals surface area contributed by atoms with Crippen molar-refractivity contribution in [3.8, 4) is 0 Å². The molecule has 2 aromatic carbocycles. The van der Waals surface area contributed by atoms with Crippen LogP contribution in [0, 0.1) is 0 Å². The van der Waals surface area contributed by atoms with Gasteiger partial charge in [-0.25, -0.2) is 0 Å². The summed E-state index contributed by atoms with van der Waals surface area (Å²) in [6.07, 6.45) is 2.30. The van der Waals surface area contributed by atoms with Gasteiger partial charge in [-0.3, -0.25) is 0 Å². The summed E-state index contributed by atoms with van der Waals surface area (Å²) < 4.78 is 1.14. The predicted octanol–water partition coefficient (Wildman–Crippen LogP) is 4.56. The van der Waals surface area contributed by atoms with Crippen LogP contribution in [0.4, 0.5) is 0 Å². The van der Waals surface area contributed by atoms with Crippen molar-refractivity contribution in [1.82, 2.24) is 5.32 Å². The van der Waals surface area contributed by atoms with E-state index in [0.717, 1.165) is 23.9 Å². The maximum atomic E-state index is 3.58. The summed E-state index contributed by atoms with van der Waals surface area (Å²) in [5, 5.41) is 3.58. The Morgan fingerprint density at radius 2 is 1.74 bits per heavy atom. The van der Waals surface area contributed by atoms with Crippen molar-refractivity contribution in [3.63, 3.8) is 0 Å². The van der Waals surface area contributed by atoms with E-state index < -0.39 is 0 Å². The van der Waals surface area contributed by atoms with Crippen LogP contribution in [-0.4, -0.2) is 6.04 Å². The zero-order chi connectivity index (χ0) is 13.5. The molecule has 0 aliphatic rings. The van der Waals surface area contributed by atoms with E-state index in [4.69, 9.17) is 0 Å². The van der Waals surface area contributed by atoms with Gasteiger partial charge in [0.05, 0.1) is 0 Å². The van der Waals surface area contributed by atoms with Gasteiger partial charge >= 0.3 is 0 Å². The lowest BCUT2D eigenvalue weighted by Crippen LogP contribution is -2.25. The number of nitrogens with one attached hydrogen (secondary N) is 1. The molecule has 0 radical (unpaired) electrons. The number of hydrogen-bond donors (Lipinski definition) is 1. The fraction of sp³-hybridized carbons (Fsp3) is 0.294. The molecule has 2 rings (SSSR count). The number of halogens is 1. The van der Waals surface area contributed by atoms with Crippen molar-refractivity contribution in [3.05, 3.63) is 70.2 Å². The third-order valence-electron chi connectivity index (χ3n) is 3.25. The van der Waals surface area contributed by atoms with Crippen molar-refractivity contribution in [2.75, 3.05) is 0 Å². The maximum absolute atomic E-state index is 3.58. The molecule has 1 atom stereocenters. The summed E-state index contributed by atoms with van der Waals surface area (Å²) in [4.78, 5) is 0. The SMILES string of the molecule is C[C@H](CCc1ccccc1)NCc1cccc(Br)c1. The van der Waals surface area contributed by atoms with Gasteiger partial charge in [0, 0.05) is 17.1 Å². The van der Waals surface area contributed by atoms with Crippen LogP contribution in [0.15, 0.2) is 59.1 Å². The highest BCUT2D eigenvalue weighted by molar-refractivity contribution is 9.10. The van der Waals surface area contributed by atoms with Crippen LogP contribution >= 0.6 is 15.9 Å². The molecule has 0 aliphatic carbocycles. The zero-order valence-electron chi connectivity index (χ0n) is 11.3. The van der Waals surface area contributed by atoms with Crippen molar-refractivity contribution < 1.29 is 0 Å². The standard InChI is InChI=1S/C17H20BrN/c1-14(10-11-15-6-3-2-4-7-15)19-13-16-8-5-9-17(18)12-16/h2-9,12,14,19H,10-11,13H2,1H3/t14-/m1/s1. The molecule has 0 unspecified atom stereocenters. The van der Waals surface area contributed by atoms with Gasteiger partial charge in [-0.05, 0) is 43.0 Å².